The van der Waals surface area contributed by atoms with Crippen LogP contribution in [0.5, 0.6) is 0 Å². The molecular weight excluding hydrogens is 202 g/mol. The fourth-order valence-corrected chi connectivity index (χ4v) is 1.94. The van der Waals surface area contributed by atoms with E-state index in [1.54, 1.807) is 0 Å². The topological polar surface area (TPSA) is 49.3 Å². The zero-order chi connectivity index (χ0) is 12.8. The molecule has 0 spiro atoms. The van der Waals surface area contributed by atoms with Crippen molar-refractivity contribution in [3.8, 4) is 0 Å². The summed E-state index contributed by atoms with van der Waals surface area (Å²) in [6.45, 7) is 11.1. The molecule has 0 heterocycles. The quantitative estimate of drug-likeness (QED) is 0.703. The molecule has 1 unspecified atom stereocenters. The first-order valence-electron chi connectivity index (χ1n) is 6.18. The van der Waals surface area contributed by atoms with E-state index in [4.69, 9.17) is 5.11 Å². The van der Waals surface area contributed by atoms with E-state index < -0.39 is 0 Å². The third-order valence-corrected chi connectivity index (χ3v) is 2.77. The highest BCUT2D eigenvalue weighted by Crippen LogP contribution is 2.25. The first-order chi connectivity index (χ1) is 7.29. The molecule has 0 radical (unpaired) electrons. The van der Waals surface area contributed by atoms with E-state index in [-0.39, 0.29) is 17.9 Å². The van der Waals surface area contributed by atoms with Gasteiger partial charge in [-0.15, -0.1) is 0 Å². The number of rotatable bonds is 7. The van der Waals surface area contributed by atoms with E-state index >= 15 is 0 Å². The molecule has 0 aromatic rings. The standard InChI is InChI=1S/C13H27NO2/c1-10(2)8-13(4,5)12(16)14-9-11(3)6-7-15/h10-11,15H,6-9H2,1-5H3,(H,14,16). The van der Waals surface area contributed by atoms with E-state index in [1.807, 2.05) is 20.8 Å². The lowest BCUT2D eigenvalue weighted by Gasteiger charge is -2.26. The molecule has 0 aromatic heterocycles. The van der Waals surface area contributed by atoms with Gasteiger partial charge in [-0.3, -0.25) is 4.79 Å². The molecule has 96 valence electrons. The van der Waals surface area contributed by atoms with Crippen LogP contribution < -0.4 is 5.32 Å². The van der Waals surface area contributed by atoms with Crippen molar-refractivity contribution in [2.24, 2.45) is 17.3 Å². The molecule has 3 heteroatoms. The van der Waals surface area contributed by atoms with Gasteiger partial charge in [0.1, 0.15) is 0 Å². The molecule has 0 aliphatic carbocycles. The van der Waals surface area contributed by atoms with Crippen molar-refractivity contribution < 1.29 is 9.90 Å². The number of hydrogen-bond acceptors (Lipinski definition) is 2. The van der Waals surface area contributed by atoms with E-state index in [0.717, 1.165) is 12.8 Å². The van der Waals surface area contributed by atoms with Crippen molar-refractivity contribution in [3.63, 3.8) is 0 Å². The molecule has 0 bridgehead atoms. The minimum absolute atomic E-state index is 0.117. The maximum Gasteiger partial charge on any atom is 0.225 e. The van der Waals surface area contributed by atoms with Crippen LogP contribution in [0.2, 0.25) is 0 Å². The van der Waals surface area contributed by atoms with Crippen molar-refractivity contribution in [1.29, 1.82) is 0 Å². The molecule has 1 amide bonds. The van der Waals surface area contributed by atoms with Gasteiger partial charge in [-0.2, -0.15) is 0 Å². The third-order valence-electron chi connectivity index (χ3n) is 2.77. The van der Waals surface area contributed by atoms with Gasteiger partial charge in [0.05, 0.1) is 0 Å². The maximum atomic E-state index is 11.9. The van der Waals surface area contributed by atoms with Crippen LogP contribution in [0.25, 0.3) is 0 Å². The van der Waals surface area contributed by atoms with Gasteiger partial charge in [-0.25, -0.2) is 0 Å². The Labute approximate surface area is 99.6 Å². The number of amides is 1. The lowest BCUT2D eigenvalue weighted by Crippen LogP contribution is -2.39. The highest BCUT2D eigenvalue weighted by atomic mass is 16.3. The summed E-state index contributed by atoms with van der Waals surface area (Å²) in [6.07, 6.45) is 1.64. The molecule has 0 rings (SSSR count). The van der Waals surface area contributed by atoms with Crippen LogP contribution in [-0.4, -0.2) is 24.2 Å². The van der Waals surface area contributed by atoms with Gasteiger partial charge < -0.3 is 10.4 Å². The summed E-state index contributed by atoms with van der Waals surface area (Å²) in [5.74, 6) is 0.977. The number of carbonyl (C=O) groups is 1. The predicted octanol–water partition coefficient (Wildman–Crippen LogP) is 2.19. The fourth-order valence-electron chi connectivity index (χ4n) is 1.94. The van der Waals surface area contributed by atoms with Crippen LogP contribution >= 0.6 is 0 Å². The van der Waals surface area contributed by atoms with Crippen molar-refractivity contribution in [2.75, 3.05) is 13.2 Å². The Kier molecular flexibility index (Phi) is 6.65. The van der Waals surface area contributed by atoms with Crippen LogP contribution in [0, 0.1) is 17.3 Å². The van der Waals surface area contributed by atoms with E-state index in [2.05, 4.69) is 19.2 Å². The van der Waals surface area contributed by atoms with Crippen LogP contribution in [-0.2, 0) is 4.79 Å². The lowest BCUT2D eigenvalue weighted by atomic mass is 9.83. The van der Waals surface area contributed by atoms with Crippen LogP contribution in [0.3, 0.4) is 0 Å². The summed E-state index contributed by atoms with van der Waals surface area (Å²) >= 11 is 0. The summed E-state index contributed by atoms with van der Waals surface area (Å²) < 4.78 is 0. The number of nitrogens with one attached hydrogen (secondary N) is 1. The molecule has 2 N–H and O–H groups in total. The van der Waals surface area contributed by atoms with E-state index in [1.165, 1.54) is 0 Å². The lowest BCUT2D eigenvalue weighted by molar-refractivity contribution is -0.130. The molecule has 16 heavy (non-hydrogen) atoms. The summed E-state index contributed by atoms with van der Waals surface area (Å²) in [5.41, 5.74) is -0.299. The normalized spacial score (nSPS) is 13.9. The number of hydrogen-bond donors (Lipinski definition) is 2. The van der Waals surface area contributed by atoms with Gasteiger partial charge in [-0.05, 0) is 24.7 Å². The van der Waals surface area contributed by atoms with Crippen molar-refractivity contribution in [1.82, 2.24) is 5.32 Å². The molecule has 3 nitrogen and oxygen atoms in total. The Hall–Kier alpha value is -0.570. The molecule has 0 aliphatic heterocycles. The maximum absolute atomic E-state index is 11.9. The van der Waals surface area contributed by atoms with Crippen molar-refractivity contribution >= 4 is 5.91 Å². The van der Waals surface area contributed by atoms with Crippen LogP contribution in [0.4, 0.5) is 0 Å². The first-order valence-corrected chi connectivity index (χ1v) is 6.18. The van der Waals surface area contributed by atoms with Gasteiger partial charge in [0, 0.05) is 18.6 Å². The van der Waals surface area contributed by atoms with Crippen LogP contribution in [0.15, 0.2) is 0 Å². The van der Waals surface area contributed by atoms with E-state index in [9.17, 15) is 4.79 Å². The SMILES string of the molecule is CC(C)CC(C)(C)C(=O)NCC(C)CCO. The smallest absolute Gasteiger partial charge is 0.225 e. The zero-order valence-corrected chi connectivity index (χ0v) is 11.3. The molecule has 0 saturated heterocycles. The number of aliphatic hydroxyl groups is 1. The van der Waals surface area contributed by atoms with Crippen molar-refractivity contribution in [2.45, 2.75) is 47.5 Å². The summed E-state index contributed by atoms with van der Waals surface area (Å²) in [4.78, 5) is 11.9. The monoisotopic (exact) mass is 229 g/mol. The second-order valence-corrected chi connectivity index (χ2v) is 5.81. The highest BCUT2D eigenvalue weighted by Gasteiger charge is 2.28. The second-order valence-electron chi connectivity index (χ2n) is 5.81. The summed E-state index contributed by atoms with van der Waals surface area (Å²) in [6, 6.07) is 0. The second kappa shape index (κ2) is 6.89. The Morgan fingerprint density at radius 1 is 1.31 bits per heavy atom. The zero-order valence-electron chi connectivity index (χ0n) is 11.3. The Morgan fingerprint density at radius 3 is 2.31 bits per heavy atom. The molecule has 0 saturated carbocycles. The van der Waals surface area contributed by atoms with Gasteiger partial charge in [0.2, 0.25) is 5.91 Å². The molecular formula is C13H27NO2. The number of aliphatic hydroxyl groups excluding tert-OH is 1. The minimum Gasteiger partial charge on any atom is -0.396 e. The first kappa shape index (κ1) is 15.4. The van der Waals surface area contributed by atoms with Crippen LogP contribution in [0.1, 0.15) is 47.5 Å². The Balaban J connectivity index is 4.04. The third kappa shape index (κ3) is 6.11. The summed E-state index contributed by atoms with van der Waals surface area (Å²) in [5, 5.41) is 11.7. The summed E-state index contributed by atoms with van der Waals surface area (Å²) in [7, 11) is 0. The Morgan fingerprint density at radius 2 is 1.88 bits per heavy atom. The molecule has 0 aromatic carbocycles. The average Bonchev–Trinajstić information content (AvgIpc) is 2.12. The average molecular weight is 229 g/mol. The minimum atomic E-state index is -0.299. The van der Waals surface area contributed by atoms with Gasteiger partial charge in [-0.1, -0.05) is 34.6 Å². The molecule has 0 aliphatic rings. The molecule has 0 fully saturated rings. The largest absolute Gasteiger partial charge is 0.396 e. The highest BCUT2D eigenvalue weighted by molar-refractivity contribution is 5.81. The van der Waals surface area contributed by atoms with Crippen molar-refractivity contribution in [3.05, 3.63) is 0 Å². The molecule has 1 atom stereocenters. The van der Waals surface area contributed by atoms with Gasteiger partial charge in [0.25, 0.3) is 0 Å². The Bertz CT molecular complexity index is 212. The predicted molar refractivity (Wildman–Crippen MR) is 67.1 cm³/mol. The number of carbonyl (C=O) groups excluding carboxylic acids is 1. The van der Waals surface area contributed by atoms with Gasteiger partial charge in [0.15, 0.2) is 0 Å². The van der Waals surface area contributed by atoms with E-state index in [0.29, 0.717) is 18.4 Å². The van der Waals surface area contributed by atoms with Gasteiger partial charge >= 0.3 is 0 Å². The fraction of sp³-hybridized carbons (Fsp3) is 0.923.